The lowest BCUT2D eigenvalue weighted by Crippen LogP contribution is -2.20. The first-order valence-electron chi connectivity index (χ1n) is 13.5. The SMILES string of the molecule is CC[C@@H](C)Oc1ccc(-n2c(C)cc(C=Nn3c(-c4cc5cc(Br)ccc5o4)nc4ccccc4c3=O)c2C)cc1. The van der Waals surface area contributed by atoms with Gasteiger partial charge in [0.05, 0.1) is 23.2 Å². The molecule has 41 heavy (non-hydrogen) atoms. The Labute approximate surface area is 245 Å². The molecule has 0 amide bonds. The Hall–Kier alpha value is -4.43. The summed E-state index contributed by atoms with van der Waals surface area (Å²) in [7, 11) is 0. The van der Waals surface area contributed by atoms with Crippen LogP contribution < -0.4 is 10.3 Å². The third-order valence-corrected chi connectivity index (χ3v) is 7.74. The van der Waals surface area contributed by atoms with E-state index in [9.17, 15) is 4.79 Å². The van der Waals surface area contributed by atoms with Crippen molar-refractivity contribution in [3.8, 4) is 23.0 Å². The van der Waals surface area contributed by atoms with Crippen molar-refractivity contribution in [3.05, 3.63) is 111 Å². The number of ether oxygens (including phenoxy) is 1. The van der Waals surface area contributed by atoms with Gasteiger partial charge in [0.15, 0.2) is 5.76 Å². The largest absolute Gasteiger partial charge is 0.491 e. The quantitative estimate of drug-likeness (QED) is 0.172. The van der Waals surface area contributed by atoms with Gasteiger partial charge in [0, 0.05) is 32.5 Å². The van der Waals surface area contributed by atoms with Gasteiger partial charge in [-0.15, -0.1) is 0 Å². The monoisotopic (exact) mass is 608 g/mol. The smallest absolute Gasteiger partial charge is 0.282 e. The van der Waals surface area contributed by atoms with Crippen LogP contribution in [0, 0.1) is 13.8 Å². The van der Waals surface area contributed by atoms with Crippen LogP contribution in [0.4, 0.5) is 0 Å². The number of nitrogens with zero attached hydrogens (tertiary/aromatic N) is 4. The summed E-state index contributed by atoms with van der Waals surface area (Å²) in [5.74, 6) is 1.65. The maximum atomic E-state index is 13.7. The van der Waals surface area contributed by atoms with Crippen molar-refractivity contribution in [2.24, 2.45) is 5.10 Å². The molecule has 0 saturated carbocycles. The number of furan rings is 1. The molecule has 1 atom stereocenters. The lowest BCUT2D eigenvalue weighted by atomic mass is 10.2. The molecule has 0 aliphatic rings. The molecule has 6 rings (SSSR count). The average Bonchev–Trinajstić information content (AvgIpc) is 3.52. The second-order valence-corrected chi connectivity index (χ2v) is 11.0. The van der Waals surface area contributed by atoms with Gasteiger partial charge in [-0.25, -0.2) is 4.98 Å². The Balaban J connectivity index is 1.42. The van der Waals surface area contributed by atoms with Crippen molar-refractivity contribution in [2.75, 3.05) is 0 Å². The molecule has 0 aliphatic carbocycles. The molecule has 206 valence electrons. The first kappa shape index (κ1) is 26.8. The summed E-state index contributed by atoms with van der Waals surface area (Å²) in [4.78, 5) is 18.5. The molecule has 6 aromatic rings. The molecule has 0 bridgehead atoms. The standard InChI is InChI=1S/C33H29BrN4O3/c1-5-21(3)40-27-13-11-26(12-14-27)37-20(2)16-24(22(37)4)19-35-38-32(36-29-9-7-6-8-28(29)33(38)39)31-18-23-17-25(34)10-15-30(23)41-31/h6-19,21H,5H2,1-4H3/t21-/m1/s1. The Morgan fingerprint density at radius 2 is 1.83 bits per heavy atom. The molecule has 3 heterocycles. The van der Waals surface area contributed by atoms with Crippen LogP contribution in [0.25, 0.3) is 39.1 Å². The molecule has 3 aromatic heterocycles. The third kappa shape index (κ3) is 5.11. The van der Waals surface area contributed by atoms with Crippen molar-refractivity contribution in [2.45, 2.75) is 40.2 Å². The zero-order chi connectivity index (χ0) is 28.7. The minimum absolute atomic E-state index is 0.165. The Kier molecular flexibility index (Phi) is 7.09. The normalized spacial score (nSPS) is 12.5. The van der Waals surface area contributed by atoms with Gasteiger partial charge in [-0.1, -0.05) is 35.0 Å². The molecule has 0 radical (unpaired) electrons. The fourth-order valence-corrected chi connectivity index (χ4v) is 5.32. The number of aryl methyl sites for hydroxylation is 1. The second-order valence-electron chi connectivity index (χ2n) is 10.1. The van der Waals surface area contributed by atoms with E-state index < -0.39 is 0 Å². The Bertz CT molecular complexity index is 1980. The number of rotatable bonds is 7. The minimum atomic E-state index is -0.269. The number of benzene rings is 3. The van der Waals surface area contributed by atoms with E-state index in [1.807, 2.05) is 61.5 Å². The zero-order valence-electron chi connectivity index (χ0n) is 23.3. The molecule has 0 unspecified atom stereocenters. The van der Waals surface area contributed by atoms with Crippen LogP contribution in [-0.4, -0.2) is 26.5 Å². The van der Waals surface area contributed by atoms with Crippen LogP contribution in [0.1, 0.15) is 37.2 Å². The molecule has 3 aromatic carbocycles. The molecule has 0 fully saturated rings. The summed E-state index contributed by atoms with van der Waals surface area (Å²) in [6, 6.07) is 25.0. The topological polar surface area (TPSA) is 74.6 Å². The molecular formula is C33H29BrN4O3. The van der Waals surface area contributed by atoms with Gasteiger partial charge in [0.1, 0.15) is 11.3 Å². The summed E-state index contributed by atoms with van der Waals surface area (Å²) < 4.78 is 16.5. The maximum Gasteiger partial charge on any atom is 0.282 e. The van der Waals surface area contributed by atoms with E-state index in [0.29, 0.717) is 28.1 Å². The van der Waals surface area contributed by atoms with Crippen LogP contribution in [0.5, 0.6) is 5.75 Å². The van der Waals surface area contributed by atoms with Crippen LogP contribution in [0.3, 0.4) is 0 Å². The summed E-state index contributed by atoms with van der Waals surface area (Å²) in [6.07, 6.45) is 2.82. The van der Waals surface area contributed by atoms with Crippen molar-refractivity contribution >= 4 is 44.0 Å². The maximum absolute atomic E-state index is 13.7. The van der Waals surface area contributed by atoms with Crippen LogP contribution >= 0.6 is 15.9 Å². The highest BCUT2D eigenvalue weighted by Crippen LogP contribution is 2.29. The summed E-state index contributed by atoms with van der Waals surface area (Å²) in [6.45, 7) is 8.26. The van der Waals surface area contributed by atoms with Crippen LogP contribution in [0.15, 0.2) is 97.6 Å². The lowest BCUT2D eigenvalue weighted by Gasteiger charge is -2.14. The molecule has 7 nitrogen and oxygen atoms in total. The number of fused-ring (bicyclic) bond motifs is 2. The van der Waals surface area contributed by atoms with E-state index in [4.69, 9.17) is 14.1 Å². The summed E-state index contributed by atoms with van der Waals surface area (Å²) >= 11 is 3.51. The van der Waals surface area contributed by atoms with Gasteiger partial charge in [-0.3, -0.25) is 4.79 Å². The van der Waals surface area contributed by atoms with Gasteiger partial charge in [-0.2, -0.15) is 9.78 Å². The van der Waals surface area contributed by atoms with E-state index in [0.717, 1.165) is 44.7 Å². The van der Waals surface area contributed by atoms with Gasteiger partial charge in [0.2, 0.25) is 5.82 Å². The van der Waals surface area contributed by atoms with Crippen molar-refractivity contribution < 1.29 is 9.15 Å². The minimum Gasteiger partial charge on any atom is -0.491 e. The van der Waals surface area contributed by atoms with Gasteiger partial charge < -0.3 is 13.7 Å². The van der Waals surface area contributed by atoms with E-state index in [1.54, 1.807) is 12.3 Å². The Morgan fingerprint density at radius 1 is 1.05 bits per heavy atom. The molecule has 0 saturated heterocycles. The number of para-hydroxylation sites is 1. The highest BCUT2D eigenvalue weighted by molar-refractivity contribution is 9.10. The fourth-order valence-electron chi connectivity index (χ4n) is 4.94. The second kappa shape index (κ2) is 10.9. The Morgan fingerprint density at radius 3 is 2.61 bits per heavy atom. The summed E-state index contributed by atoms with van der Waals surface area (Å²) in [5, 5.41) is 6.05. The molecule has 0 N–H and O–H groups in total. The van der Waals surface area contributed by atoms with Crippen molar-refractivity contribution in [1.82, 2.24) is 14.2 Å². The molecule has 0 aliphatic heterocycles. The molecule has 0 spiro atoms. The van der Waals surface area contributed by atoms with Gasteiger partial charge in [-0.05, 0) is 93.9 Å². The van der Waals surface area contributed by atoms with Gasteiger partial charge in [0.25, 0.3) is 5.56 Å². The first-order valence-corrected chi connectivity index (χ1v) is 14.3. The zero-order valence-corrected chi connectivity index (χ0v) is 24.8. The highest BCUT2D eigenvalue weighted by atomic mass is 79.9. The predicted molar refractivity (Wildman–Crippen MR) is 168 cm³/mol. The van der Waals surface area contributed by atoms with E-state index >= 15 is 0 Å². The third-order valence-electron chi connectivity index (χ3n) is 7.24. The molecular weight excluding hydrogens is 580 g/mol. The first-order chi connectivity index (χ1) is 19.8. The lowest BCUT2D eigenvalue weighted by molar-refractivity contribution is 0.217. The number of hydrogen-bond acceptors (Lipinski definition) is 5. The average molecular weight is 610 g/mol. The number of aromatic nitrogens is 3. The fraction of sp³-hybridized carbons (Fsp3) is 0.182. The van der Waals surface area contributed by atoms with E-state index in [1.165, 1.54) is 4.68 Å². The number of hydrogen-bond donors (Lipinski definition) is 0. The van der Waals surface area contributed by atoms with Crippen LogP contribution in [0.2, 0.25) is 0 Å². The van der Waals surface area contributed by atoms with Crippen molar-refractivity contribution in [1.29, 1.82) is 0 Å². The number of halogens is 1. The van der Waals surface area contributed by atoms with E-state index in [-0.39, 0.29) is 11.7 Å². The van der Waals surface area contributed by atoms with Crippen LogP contribution in [-0.2, 0) is 0 Å². The highest BCUT2D eigenvalue weighted by Gasteiger charge is 2.17. The summed E-state index contributed by atoms with van der Waals surface area (Å²) in [5.41, 5.74) is 4.97. The predicted octanol–water partition coefficient (Wildman–Crippen LogP) is 8.04. The van der Waals surface area contributed by atoms with Crippen molar-refractivity contribution in [3.63, 3.8) is 0 Å². The van der Waals surface area contributed by atoms with E-state index in [2.05, 4.69) is 64.6 Å². The molecule has 8 heteroatoms. The van der Waals surface area contributed by atoms with Gasteiger partial charge >= 0.3 is 0 Å².